The third-order valence-corrected chi connectivity index (χ3v) is 4.31. The zero-order valence-electron chi connectivity index (χ0n) is 13.2. The van der Waals surface area contributed by atoms with Crippen molar-refractivity contribution in [2.75, 3.05) is 12.3 Å². The molecule has 2 rings (SSSR count). The van der Waals surface area contributed by atoms with E-state index in [1.54, 1.807) is 27.7 Å². The Balaban J connectivity index is 2.82. The van der Waals surface area contributed by atoms with E-state index in [9.17, 15) is 18.0 Å². The lowest BCUT2D eigenvalue weighted by atomic mass is 9.90. The summed E-state index contributed by atoms with van der Waals surface area (Å²) in [5, 5.41) is -0.237. The molecule has 0 saturated carbocycles. The fraction of sp³-hybridized carbons (Fsp3) is 0.467. The summed E-state index contributed by atoms with van der Waals surface area (Å²) in [6.07, 6.45) is -4.59. The summed E-state index contributed by atoms with van der Waals surface area (Å²) in [5.41, 5.74) is 4.40. The molecule has 0 amide bonds. The van der Waals surface area contributed by atoms with Gasteiger partial charge in [0.05, 0.1) is 17.9 Å². The van der Waals surface area contributed by atoms with Crippen LogP contribution in [0.15, 0.2) is 6.07 Å². The van der Waals surface area contributed by atoms with E-state index < -0.39 is 23.1 Å². The molecular formula is C15H17F3N2O2S. The number of anilines is 1. The Bertz CT molecular complexity index is 761. The highest BCUT2D eigenvalue weighted by atomic mass is 32.1. The van der Waals surface area contributed by atoms with E-state index in [1.807, 2.05) is 0 Å². The van der Waals surface area contributed by atoms with Gasteiger partial charge in [0.1, 0.15) is 9.71 Å². The number of fused-ring (bicyclic) bond motifs is 1. The highest BCUT2D eigenvalue weighted by Crippen LogP contribution is 2.43. The van der Waals surface area contributed by atoms with Crippen LogP contribution in [0.5, 0.6) is 0 Å². The number of pyridine rings is 1. The SMILES string of the molecule is CCOC(=O)c1sc2nc(C(C)(C)C)cc(C(F)(F)F)c2c1N. The number of hydrogen-bond acceptors (Lipinski definition) is 5. The molecule has 0 aliphatic heterocycles. The Kier molecular flexibility index (Phi) is 4.32. The van der Waals surface area contributed by atoms with Crippen molar-refractivity contribution in [1.29, 1.82) is 0 Å². The molecule has 23 heavy (non-hydrogen) atoms. The molecule has 126 valence electrons. The Hall–Kier alpha value is -1.83. The maximum absolute atomic E-state index is 13.4. The number of carbonyl (C=O) groups is 1. The van der Waals surface area contributed by atoms with E-state index >= 15 is 0 Å². The van der Waals surface area contributed by atoms with Crippen molar-refractivity contribution in [3.05, 3.63) is 22.2 Å². The minimum atomic E-state index is -4.59. The van der Waals surface area contributed by atoms with Gasteiger partial charge in [-0.3, -0.25) is 0 Å². The molecule has 2 N–H and O–H groups in total. The van der Waals surface area contributed by atoms with Crippen LogP contribution >= 0.6 is 11.3 Å². The molecule has 0 saturated heterocycles. The largest absolute Gasteiger partial charge is 0.462 e. The summed E-state index contributed by atoms with van der Waals surface area (Å²) >= 11 is 0.822. The van der Waals surface area contributed by atoms with Gasteiger partial charge in [-0.2, -0.15) is 13.2 Å². The lowest BCUT2D eigenvalue weighted by Crippen LogP contribution is -2.16. The monoisotopic (exact) mass is 346 g/mol. The molecule has 2 aromatic heterocycles. The molecule has 0 fully saturated rings. The fourth-order valence-electron chi connectivity index (χ4n) is 2.08. The van der Waals surface area contributed by atoms with E-state index in [0.29, 0.717) is 0 Å². The quantitative estimate of drug-likeness (QED) is 0.820. The van der Waals surface area contributed by atoms with E-state index in [2.05, 4.69) is 4.98 Å². The van der Waals surface area contributed by atoms with Gasteiger partial charge in [-0.15, -0.1) is 11.3 Å². The molecule has 0 aliphatic carbocycles. The number of nitrogens with zero attached hydrogens (tertiary/aromatic N) is 1. The van der Waals surface area contributed by atoms with Gasteiger partial charge in [0.25, 0.3) is 0 Å². The molecule has 2 heterocycles. The second-order valence-corrected chi connectivity index (χ2v) is 7.05. The molecule has 0 spiro atoms. The normalized spacial score (nSPS) is 12.7. The Morgan fingerprint density at radius 1 is 1.35 bits per heavy atom. The number of nitrogens with two attached hydrogens (primary N) is 1. The minimum absolute atomic E-state index is 0.0501. The first-order valence-corrected chi connectivity index (χ1v) is 7.76. The third kappa shape index (κ3) is 3.26. The maximum Gasteiger partial charge on any atom is 0.417 e. The number of esters is 1. The average Bonchev–Trinajstić information content (AvgIpc) is 2.73. The van der Waals surface area contributed by atoms with Gasteiger partial charge in [-0.05, 0) is 13.0 Å². The highest BCUT2D eigenvalue weighted by Gasteiger charge is 2.37. The molecular weight excluding hydrogens is 329 g/mol. The van der Waals surface area contributed by atoms with Crippen molar-refractivity contribution in [2.45, 2.75) is 39.3 Å². The second-order valence-electron chi connectivity index (χ2n) is 6.05. The van der Waals surface area contributed by atoms with E-state index in [0.717, 1.165) is 17.4 Å². The molecule has 0 radical (unpaired) electrons. The highest BCUT2D eigenvalue weighted by molar-refractivity contribution is 7.21. The van der Waals surface area contributed by atoms with Crippen LogP contribution in [0.3, 0.4) is 0 Å². The first-order valence-electron chi connectivity index (χ1n) is 6.94. The summed E-state index contributed by atoms with van der Waals surface area (Å²) < 4.78 is 45.1. The van der Waals surface area contributed by atoms with E-state index in [1.165, 1.54) is 0 Å². The standard InChI is InChI=1S/C15H17F3N2O2S/c1-5-22-13(21)11-10(19)9-7(15(16,17)18)6-8(14(2,3)4)20-12(9)23-11/h6H,5,19H2,1-4H3. The number of halogens is 3. The van der Waals surface area contributed by atoms with Crippen LogP contribution < -0.4 is 5.73 Å². The zero-order valence-corrected chi connectivity index (χ0v) is 14.0. The van der Waals surface area contributed by atoms with Crippen molar-refractivity contribution in [3.8, 4) is 0 Å². The number of aromatic nitrogens is 1. The summed E-state index contributed by atoms with van der Waals surface area (Å²) in [7, 11) is 0. The van der Waals surface area contributed by atoms with Gasteiger partial charge in [0.2, 0.25) is 0 Å². The van der Waals surface area contributed by atoms with Gasteiger partial charge in [-0.1, -0.05) is 20.8 Å². The van der Waals surface area contributed by atoms with Gasteiger partial charge in [0, 0.05) is 16.5 Å². The van der Waals surface area contributed by atoms with E-state index in [-0.39, 0.29) is 33.1 Å². The summed E-state index contributed by atoms with van der Waals surface area (Å²) in [6.45, 7) is 7.03. The molecule has 0 atom stereocenters. The van der Waals surface area contributed by atoms with Gasteiger partial charge in [0.15, 0.2) is 0 Å². The molecule has 0 unspecified atom stereocenters. The Morgan fingerprint density at radius 2 is 1.96 bits per heavy atom. The molecule has 4 nitrogen and oxygen atoms in total. The number of hydrogen-bond donors (Lipinski definition) is 1. The predicted molar refractivity (Wildman–Crippen MR) is 83.7 cm³/mol. The first-order chi connectivity index (χ1) is 10.5. The van der Waals surface area contributed by atoms with Crippen molar-refractivity contribution in [1.82, 2.24) is 4.98 Å². The number of alkyl halides is 3. The van der Waals surface area contributed by atoms with Crippen LogP contribution in [0.2, 0.25) is 0 Å². The minimum Gasteiger partial charge on any atom is -0.462 e. The van der Waals surface area contributed by atoms with Crippen LogP contribution in [0.1, 0.15) is 48.6 Å². The van der Waals surface area contributed by atoms with Crippen LogP contribution in [-0.4, -0.2) is 17.6 Å². The Morgan fingerprint density at radius 3 is 2.43 bits per heavy atom. The van der Waals surface area contributed by atoms with Gasteiger partial charge >= 0.3 is 12.1 Å². The maximum atomic E-state index is 13.4. The number of rotatable bonds is 2. The summed E-state index contributed by atoms with van der Waals surface area (Å²) in [4.78, 5) is 16.2. The molecule has 2 aromatic rings. The average molecular weight is 346 g/mol. The summed E-state index contributed by atoms with van der Waals surface area (Å²) in [5.74, 6) is -0.738. The van der Waals surface area contributed by atoms with Crippen LogP contribution in [0, 0.1) is 0 Å². The predicted octanol–water partition coefficient (Wildman–Crippen LogP) is 4.37. The van der Waals surface area contributed by atoms with E-state index in [4.69, 9.17) is 10.5 Å². The van der Waals surface area contributed by atoms with Crippen LogP contribution in [-0.2, 0) is 16.3 Å². The topological polar surface area (TPSA) is 65.2 Å². The number of carbonyl (C=O) groups excluding carboxylic acids is 1. The zero-order chi connectivity index (χ0) is 17.6. The number of nitrogen functional groups attached to an aromatic ring is 1. The molecule has 0 bridgehead atoms. The van der Waals surface area contributed by atoms with Crippen molar-refractivity contribution in [3.63, 3.8) is 0 Å². The van der Waals surface area contributed by atoms with Gasteiger partial charge in [-0.25, -0.2) is 9.78 Å². The lowest BCUT2D eigenvalue weighted by Gasteiger charge is -2.20. The number of ether oxygens (including phenoxy) is 1. The smallest absolute Gasteiger partial charge is 0.417 e. The van der Waals surface area contributed by atoms with Crippen LogP contribution in [0.4, 0.5) is 18.9 Å². The molecule has 0 aromatic carbocycles. The molecule has 0 aliphatic rings. The third-order valence-electron chi connectivity index (χ3n) is 3.23. The van der Waals surface area contributed by atoms with Crippen LogP contribution in [0.25, 0.3) is 10.2 Å². The Labute approximate surface area is 135 Å². The van der Waals surface area contributed by atoms with Crippen molar-refractivity contribution >= 4 is 33.2 Å². The van der Waals surface area contributed by atoms with Crippen molar-refractivity contribution in [2.24, 2.45) is 0 Å². The van der Waals surface area contributed by atoms with Gasteiger partial charge < -0.3 is 10.5 Å². The second kappa shape index (κ2) is 5.67. The van der Waals surface area contributed by atoms with Crippen molar-refractivity contribution < 1.29 is 22.7 Å². The number of thiophene rings is 1. The summed E-state index contributed by atoms with van der Waals surface area (Å²) in [6, 6.07) is 1.00. The molecule has 8 heteroatoms. The first kappa shape index (κ1) is 17.5. The fourth-order valence-corrected chi connectivity index (χ4v) is 3.09. The lowest BCUT2D eigenvalue weighted by molar-refractivity contribution is -0.136.